The van der Waals surface area contributed by atoms with E-state index in [4.69, 9.17) is 12.2 Å². The van der Waals surface area contributed by atoms with Gasteiger partial charge in [0.05, 0.1) is 5.52 Å². The maximum absolute atomic E-state index is 5.36. The molecule has 2 aromatic heterocycles. The van der Waals surface area contributed by atoms with Crippen LogP contribution in [0.5, 0.6) is 0 Å². The summed E-state index contributed by atoms with van der Waals surface area (Å²) in [6.45, 7) is 7.51. The molecule has 0 bridgehead atoms. The third kappa shape index (κ3) is 2.99. The van der Waals surface area contributed by atoms with E-state index in [0.29, 0.717) is 0 Å². The van der Waals surface area contributed by atoms with Crippen LogP contribution in [0.15, 0.2) is 12.1 Å². The van der Waals surface area contributed by atoms with Crippen molar-refractivity contribution in [3.05, 3.63) is 22.6 Å². The molecule has 0 unspecified atom stereocenters. The zero-order chi connectivity index (χ0) is 13.1. The number of H-pyrrole nitrogens is 1. The average Bonchev–Trinajstić information content (AvgIpc) is 2.60. The number of pyridine rings is 1. The van der Waals surface area contributed by atoms with Crippen molar-refractivity contribution in [3.63, 3.8) is 0 Å². The van der Waals surface area contributed by atoms with Gasteiger partial charge in [0.2, 0.25) is 0 Å². The molecule has 0 amide bonds. The Morgan fingerprint density at radius 2 is 2.11 bits per heavy atom. The molecule has 0 radical (unpaired) electrons. The molecule has 0 saturated carbocycles. The number of imidazole rings is 1. The topological polar surface area (TPSA) is 33.6 Å². The van der Waals surface area contributed by atoms with Gasteiger partial charge in [0.1, 0.15) is 0 Å². The van der Waals surface area contributed by atoms with Gasteiger partial charge < -0.3 is 9.55 Å². The molecule has 0 fully saturated rings. The molecular weight excluding hydrogens is 242 g/mol. The molecule has 18 heavy (non-hydrogen) atoms. The van der Waals surface area contributed by atoms with Crippen LogP contribution in [0, 0.1) is 17.6 Å². The van der Waals surface area contributed by atoms with E-state index in [1.54, 1.807) is 0 Å². The largest absolute Gasteiger partial charge is 0.329 e. The van der Waals surface area contributed by atoms with E-state index in [1.165, 1.54) is 12.8 Å². The van der Waals surface area contributed by atoms with E-state index < -0.39 is 0 Å². The second kappa shape index (κ2) is 5.65. The van der Waals surface area contributed by atoms with Crippen LogP contribution in [-0.2, 0) is 6.54 Å². The predicted octanol–water partition coefficient (Wildman–Crippen LogP) is 4.23. The van der Waals surface area contributed by atoms with E-state index in [-0.39, 0.29) is 0 Å². The first-order valence-electron chi connectivity index (χ1n) is 6.64. The predicted molar refractivity (Wildman–Crippen MR) is 78.3 cm³/mol. The second-order valence-corrected chi connectivity index (χ2v) is 5.68. The number of nitrogens with one attached hydrogen (secondary N) is 1. The summed E-state index contributed by atoms with van der Waals surface area (Å²) in [7, 11) is 0. The van der Waals surface area contributed by atoms with Gasteiger partial charge in [0.25, 0.3) is 0 Å². The summed E-state index contributed by atoms with van der Waals surface area (Å²) in [4.78, 5) is 7.79. The lowest BCUT2D eigenvalue weighted by atomic mass is 10.1. The fraction of sp³-hybridized carbons (Fsp3) is 0.571. The van der Waals surface area contributed by atoms with Crippen LogP contribution in [0.2, 0.25) is 0 Å². The van der Waals surface area contributed by atoms with Crippen molar-refractivity contribution < 1.29 is 0 Å². The summed E-state index contributed by atoms with van der Waals surface area (Å²) in [5.41, 5.74) is 3.06. The average molecular weight is 263 g/mol. The summed E-state index contributed by atoms with van der Waals surface area (Å²) in [5.74, 6) is 0.779. The van der Waals surface area contributed by atoms with Crippen LogP contribution in [0.25, 0.3) is 11.2 Å². The van der Waals surface area contributed by atoms with Gasteiger partial charge in [-0.05, 0) is 43.6 Å². The third-order valence-corrected chi connectivity index (χ3v) is 3.49. The van der Waals surface area contributed by atoms with Crippen molar-refractivity contribution in [2.24, 2.45) is 5.92 Å². The van der Waals surface area contributed by atoms with E-state index in [0.717, 1.165) is 40.5 Å². The Hall–Kier alpha value is -1.16. The van der Waals surface area contributed by atoms with Crippen molar-refractivity contribution in [1.82, 2.24) is 14.5 Å². The van der Waals surface area contributed by atoms with Crippen LogP contribution >= 0.6 is 12.2 Å². The lowest BCUT2D eigenvalue weighted by Crippen LogP contribution is -2.00. The fourth-order valence-corrected chi connectivity index (χ4v) is 2.44. The monoisotopic (exact) mass is 263 g/mol. The van der Waals surface area contributed by atoms with Gasteiger partial charge in [-0.15, -0.1) is 0 Å². The Morgan fingerprint density at radius 3 is 2.83 bits per heavy atom. The molecule has 2 heterocycles. The summed E-state index contributed by atoms with van der Waals surface area (Å²) >= 11 is 5.36. The molecule has 0 saturated heterocycles. The highest BCUT2D eigenvalue weighted by atomic mass is 32.1. The second-order valence-electron chi connectivity index (χ2n) is 5.30. The van der Waals surface area contributed by atoms with Crippen molar-refractivity contribution in [2.75, 3.05) is 0 Å². The number of nitrogens with zero attached hydrogens (tertiary/aromatic N) is 2. The molecule has 0 spiro atoms. The van der Waals surface area contributed by atoms with Crippen LogP contribution in [0.1, 0.15) is 38.8 Å². The molecule has 0 aromatic carbocycles. The van der Waals surface area contributed by atoms with Gasteiger partial charge in [0, 0.05) is 12.2 Å². The molecule has 0 aliphatic heterocycles. The summed E-state index contributed by atoms with van der Waals surface area (Å²) in [5, 5.41) is 0. The van der Waals surface area contributed by atoms with Crippen LogP contribution in [0.3, 0.4) is 0 Å². The Morgan fingerprint density at radius 1 is 1.33 bits per heavy atom. The maximum atomic E-state index is 5.36. The van der Waals surface area contributed by atoms with Crippen molar-refractivity contribution >= 4 is 23.4 Å². The third-order valence-electron chi connectivity index (χ3n) is 3.17. The summed E-state index contributed by atoms with van der Waals surface area (Å²) in [6.07, 6.45) is 3.69. The van der Waals surface area contributed by atoms with Gasteiger partial charge in [-0.25, -0.2) is 4.98 Å². The van der Waals surface area contributed by atoms with Gasteiger partial charge >= 0.3 is 0 Å². The van der Waals surface area contributed by atoms with Crippen LogP contribution in [-0.4, -0.2) is 14.5 Å². The molecule has 0 aliphatic carbocycles. The Labute approximate surface area is 113 Å². The highest BCUT2D eigenvalue weighted by Gasteiger charge is 2.05. The number of hydrogen-bond acceptors (Lipinski definition) is 2. The SMILES string of the molecule is Cc1ccc2[nH]c(=S)n(CCCCC(C)C)c2n1. The zero-order valence-corrected chi connectivity index (χ0v) is 12.2. The number of aromatic nitrogens is 3. The summed E-state index contributed by atoms with van der Waals surface area (Å²) in [6, 6.07) is 4.06. The number of unbranched alkanes of at least 4 members (excludes halogenated alkanes) is 1. The highest BCUT2D eigenvalue weighted by Crippen LogP contribution is 2.14. The smallest absolute Gasteiger partial charge is 0.179 e. The molecular formula is C14H21N3S. The van der Waals surface area contributed by atoms with Crippen LogP contribution < -0.4 is 0 Å². The molecule has 2 aromatic rings. The molecule has 0 aliphatic rings. The number of aromatic amines is 1. The molecule has 98 valence electrons. The molecule has 4 heteroatoms. The minimum absolute atomic E-state index is 0.779. The zero-order valence-electron chi connectivity index (χ0n) is 11.4. The van der Waals surface area contributed by atoms with E-state index in [1.807, 2.05) is 13.0 Å². The first-order valence-corrected chi connectivity index (χ1v) is 7.05. The van der Waals surface area contributed by atoms with Gasteiger partial charge in [0.15, 0.2) is 10.4 Å². The maximum Gasteiger partial charge on any atom is 0.179 e. The van der Waals surface area contributed by atoms with Gasteiger partial charge in [-0.1, -0.05) is 26.7 Å². The number of aryl methyl sites for hydroxylation is 2. The van der Waals surface area contributed by atoms with Crippen molar-refractivity contribution in [1.29, 1.82) is 0 Å². The minimum atomic E-state index is 0.779. The molecule has 0 atom stereocenters. The lowest BCUT2D eigenvalue weighted by Gasteiger charge is -2.06. The van der Waals surface area contributed by atoms with Crippen molar-refractivity contribution in [3.8, 4) is 0 Å². The molecule has 2 rings (SSSR count). The Balaban J connectivity index is 2.14. The molecule has 1 N–H and O–H groups in total. The number of fused-ring (bicyclic) bond motifs is 1. The Bertz CT molecular complexity index is 580. The first kappa shape index (κ1) is 13.3. The fourth-order valence-electron chi connectivity index (χ4n) is 2.16. The highest BCUT2D eigenvalue weighted by molar-refractivity contribution is 7.71. The van der Waals surface area contributed by atoms with Gasteiger partial charge in [-0.3, -0.25) is 0 Å². The number of hydrogen-bond donors (Lipinski definition) is 1. The first-order chi connectivity index (χ1) is 8.58. The lowest BCUT2D eigenvalue weighted by molar-refractivity contribution is 0.510. The van der Waals surface area contributed by atoms with Crippen molar-refractivity contribution in [2.45, 2.75) is 46.6 Å². The van der Waals surface area contributed by atoms with E-state index in [2.05, 4.69) is 34.4 Å². The Kier molecular flexibility index (Phi) is 4.17. The van der Waals surface area contributed by atoms with E-state index >= 15 is 0 Å². The minimum Gasteiger partial charge on any atom is -0.329 e. The van der Waals surface area contributed by atoms with E-state index in [9.17, 15) is 0 Å². The number of rotatable bonds is 5. The normalized spacial score (nSPS) is 11.6. The summed E-state index contributed by atoms with van der Waals surface area (Å²) < 4.78 is 2.91. The van der Waals surface area contributed by atoms with Gasteiger partial charge in [-0.2, -0.15) is 0 Å². The quantitative estimate of drug-likeness (QED) is 0.647. The standard InChI is InChI=1S/C14H21N3S/c1-10(2)6-4-5-9-17-13-12(16-14(17)18)8-7-11(3)15-13/h7-8,10H,4-6,9H2,1-3H3,(H,16,18). The van der Waals surface area contributed by atoms with Crippen LogP contribution in [0.4, 0.5) is 0 Å². The molecule has 3 nitrogen and oxygen atoms in total.